The number of carbonyl (C=O) groups excluding carboxylic acids is 1. The highest BCUT2D eigenvalue weighted by atomic mass is 35.5. The molecule has 4 nitrogen and oxygen atoms in total. The summed E-state index contributed by atoms with van der Waals surface area (Å²) in [5.41, 5.74) is 0.873. The Morgan fingerprint density at radius 3 is 2.40 bits per heavy atom. The zero-order chi connectivity index (χ0) is 11.3. The number of carboxylic acid groups (broad SMARTS) is 1. The minimum absolute atomic E-state index is 0.309. The number of halogens is 1. The lowest BCUT2D eigenvalue weighted by Crippen LogP contribution is -2.24. The summed E-state index contributed by atoms with van der Waals surface area (Å²) in [5, 5.41) is 11.4. The molecule has 0 bridgehead atoms. The van der Waals surface area contributed by atoms with Gasteiger partial charge < -0.3 is 10.4 Å². The zero-order valence-electron chi connectivity index (χ0n) is 7.87. The second kappa shape index (κ2) is 5.36. The van der Waals surface area contributed by atoms with Crippen LogP contribution in [0.3, 0.4) is 0 Å². The summed E-state index contributed by atoms with van der Waals surface area (Å²) in [4.78, 5) is 21.2. The zero-order valence-corrected chi connectivity index (χ0v) is 8.62. The topological polar surface area (TPSA) is 66.4 Å². The molecule has 15 heavy (non-hydrogen) atoms. The maximum atomic E-state index is 11.0. The van der Waals surface area contributed by atoms with Crippen LogP contribution in [0.15, 0.2) is 24.3 Å². The molecule has 0 saturated carbocycles. The van der Waals surface area contributed by atoms with Crippen LogP contribution >= 0.6 is 11.6 Å². The molecule has 0 unspecified atom stereocenters. The predicted octanol–water partition coefficient (Wildman–Crippen LogP) is 1.43. The smallest absolute Gasteiger partial charge is 0.312 e. The summed E-state index contributed by atoms with van der Waals surface area (Å²) >= 11 is 5.68. The highest BCUT2D eigenvalue weighted by Gasteiger charge is 2.06. The highest BCUT2D eigenvalue weighted by molar-refractivity contribution is 6.30. The summed E-state index contributed by atoms with van der Waals surface area (Å²) in [6.45, 7) is 0.309. The highest BCUT2D eigenvalue weighted by Crippen LogP contribution is 2.08. The molecular weight excluding hydrogens is 218 g/mol. The standard InChI is InChI=1S/C10H10ClNO3/c11-8-3-1-7(2-4-8)6-12-9(13)5-10(14)15/h1-4H,5-6H2,(H,12,13)(H,14,15). The fraction of sp³-hybridized carbons (Fsp3) is 0.200. The molecule has 0 radical (unpaired) electrons. The minimum Gasteiger partial charge on any atom is -0.481 e. The largest absolute Gasteiger partial charge is 0.481 e. The number of benzene rings is 1. The second-order valence-electron chi connectivity index (χ2n) is 2.97. The van der Waals surface area contributed by atoms with Gasteiger partial charge in [-0.15, -0.1) is 0 Å². The van der Waals surface area contributed by atoms with Crippen LogP contribution in [0.5, 0.6) is 0 Å². The molecule has 5 heteroatoms. The van der Waals surface area contributed by atoms with Gasteiger partial charge in [-0.3, -0.25) is 9.59 Å². The van der Waals surface area contributed by atoms with Crippen LogP contribution in [0, 0.1) is 0 Å². The molecule has 1 aromatic rings. The van der Waals surface area contributed by atoms with Gasteiger partial charge in [-0.25, -0.2) is 0 Å². The van der Waals surface area contributed by atoms with Gasteiger partial charge in [-0.05, 0) is 17.7 Å². The van der Waals surface area contributed by atoms with E-state index in [2.05, 4.69) is 5.32 Å². The van der Waals surface area contributed by atoms with Crippen LogP contribution in [0.25, 0.3) is 0 Å². The van der Waals surface area contributed by atoms with Crippen molar-refractivity contribution < 1.29 is 14.7 Å². The molecule has 0 aliphatic heterocycles. The Hall–Kier alpha value is -1.55. The molecular formula is C10H10ClNO3. The van der Waals surface area contributed by atoms with Gasteiger partial charge in [0.05, 0.1) is 0 Å². The van der Waals surface area contributed by atoms with Crippen molar-refractivity contribution in [1.82, 2.24) is 5.32 Å². The van der Waals surface area contributed by atoms with Crippen LogP contribution in [-0.4, -0.2) is 17.0 Å². The van der Waals surface area contributed by atoms with Crippen molar-refractivity contribution in [2.45, 2.75) is 13.0 Å². The second-order valence-corrected chi connectivity index (χ2v) is 3.41. The van der Waals surface area contributed by atoms with Crippen molar-refractivity contribution >= 4 is 23.5 Å². The van der Waals surface area contributed by atoms with Crippen LogP contribution in [0.4, 0.5) is 0 Å². The molecule has 0 aliphatic rings. The average Bonchev–Trinajstić information content (AvgIpc) is 2.16. The Morgan fingerprint density at radius 1 is 1.27 bits per heavy atom. The number of nitrogens with one attached hydrogen (secondary N) is 1. The van der Waals surface area contributed by atoms with Crippen molar-refractivity contribution in [1.29, 1.82) is 0 Å². The maximum absolute atomic E-state index is 11.0. The van der Waals surface area contributed by atoms with Crippen LogP contribution in [0.2, 0.25) is 5.02 Å². The third-order valence-corrected chi connectivity index (χ3v) is 1.97. The normalized spacial score (nSPS) is 9.67. The molecule has 2 N–H and O–H groups in total. The summed E-state index contributed by atoms with van der Waals surface area (Å²) in [7, 11) is 0. The third kappa shape index (κ3) is 4.46. The van der Waals surface area contributed by atoms with Crippen molar-refractivity contribution in [2.75, 3.05) is 0 Å². The average molecular weight is 228 g/mol. The Bertz CT molecular complexity index is 361. The van der Waals surface area contributed by atoms with Gasteiger partial charge in [0.25, 0.3) is 0 Å². The number of hydrogen-bond donors (Lipinski definition) is 2. The van der Waals surface area contributed by atoms with E-state index in [-0.39, 0.29) is 0 Å². The van der Waals surface area contributed by atoms with E-state index in [1.54, 1.807) is 24.3 Å². The van der Waals surface area contributed by atoms with Gasteiger partial charge in [-0.1, -0.05) is 23.7 Å². The predicted molar refractivity (Wildman–Crippen MR) is 55.6 cm³/mol. The van der Waals surface area contributed by atoms with Gasteiger partial charge in [-0.2, -0.15) is 0 Å². The fourth-order valence-electron chi connectivity index (χ4n) is 1.00. The van der Waals surface area contributed by atoms with Crippen LogP contribution in [0.1, 0.15) is 12.0 Å². The van der Waals surface area contributed by atoms with E-state index in [0.29, 0.717) is 11.6 Å². The van der Waals surface area contributed by atoms with Gasteiger partial charge in [0.2, 0.25) is 5.91 Å². The molecule has 0 atom stereocenters. The van der Waals surface area contributed by atoms with E-state index in [1.165, 1.54) is 0 Å². The summed E-state index contributed by atoms with van der Waals surface area (Å²) in [6, 6.07) is 6.95. The number of rotatable bonds is 4. The Kier molecular flexibility index (Phi) is 4.12. The van der Waals surface area contributed by atoms with E-state index >= 15 is 0 Å². The Labute approximate surface area is 91.9 Å². The SMILES string of the molecule is O=C(O)CC(=O)NCc1ccc(Cl)cc1. The molecule has 0 saturated heterocycles. The lowest BCUT2D eigenvalue weighted by atomic mass is 10.2. The monoisotopic (exact) mass is 227 g/mol. The van der Waals surface area contributed by atoms with E-state index in [4.69, 9.17) is 16.7 Å². The van der Waals surface area contributed by atoms with Gasteiger partial charge in [0.1, 0.15) is 6.42 Å². The van der Waals surface area contributed by atoms with E-state index < -0.39 is 18.3 Å². The Balaban J connectivity index is 2.40. The Morgan fingerprint density at radius 2 is 1.87 bits per heavy atom. The number of carboxylic acids is 1. The van der Waals surface area contributed by atoms with Crippen molar-refractivity contribution in [3.05, 3.63) is 34.9 Å². The molecule has 0 aliphatic carbocycles. The molecule has 1 amide bonds. The van der Waals surface area contributed by atoms with E-state index in [0.717, 1.165) is 5.56 Å². The number of amides is 1. The molecule has 0 aromatic heterocycles. The first-order chi connectivity index (χ1) is 7.08. The van der Waals surface area contributed by atoms with Gasteiger partial charge in [0, 0.05) is 11.6 Å². The third-order valence-electron chi connectivity index (χ3n) is 1.71. The van der Waals surface area contributed by atoms with Gasteiger partial charge in [0.15, 0.2) is 0 Å². The van der Waals surface area contributed by atoms with E-state index in [1.807, 2.05) is 0 Å². The summed E-state index contributed by atoms with van der Waals surface area (Å²) in [5.74, 6) is -1.64. The fourth-order valence-corrected chi connectivity index (χ4v) is 1.13. The molecule has 1 rings (SSSR count). The first-order valence-electron chi connectivity index (χ1n) is 4.31. The first kappa shape index (κ1) is 11.5. The lowest BCUT2D eigenvalue weighted by molar-refractivity contribution is -0.140. The number of aliphatic carboxylic acids is 1. The van der Waals surface area contributed by atoms with E-state index in [9.17, 15) is 9.59 Å². The molecule has 80 valence electrons. The van der Waals surface area contributed by atoms with Crippen molar-refractivity contribution in [2.24, 2.45) is 0 Å². The first-order valence-corrected chi connectivity index (χ1v) is 4.68. The quantitative estimate of drug-likeness (QED) is 0.765. The van der Waals surface area contributed by atoms with Gasteiger partial charge >= 0.3 is 5.97 Å². The maximum Gasteiger partial charge on any atom is 0.312 e. The molecule has 0 heterocycles. The van der Waals surface area contributed by atoms with Crippen LogP contribution in [-0.2, 0) is 16.1 Å². The van der Waals surface area contributed by atoms with Crippen molar-refractivity contribution in [3.63, 3.8) is 0 Å². The minimum atomic E-state index is -1.14. The molecule has 0 fully saturated rings. The summed E-state index contributed by atoms with van der Waals surface area (Å²) < 4.78 is 0. The summed E-state index contributed by atoms with van der Waals surface area (Å²) in [6.07, 6.45) is -0.506. The number of carbonyl (C=O) groups is 2. The molecule has 0 spiro atoms. The van der Waals surface area contributed by atoms with Crippen molar-refractivity contribution in [3.8, 4) is 0 Å². The molecule has 1 aromatic carbocycles. The van der Waals surface area contributed by atoms with Crippen LogP contribution < -0.4 is 5.32 Å². The lowest BCUT2D eigenvalue weighted by Gasteiger charge is -2.03. The number of hydrogen-bond acceptors (Lipinski definition) is 2.